The molecule has 0 N–H and O–H groups in total. The van der Waals surface area contributed by atoms with E-state index in [0.29, 0.717) is 24.0 Å². The third-order valence-corrected chi connectivity index (χ3v) is 6.76. The maximum atomic E-state index is 14.9. The summed E-state index contributed by atoms with van der Waals surface area (Å²) >= 11 is 0. The van der Waals surface area contributed by atoms with E-state index in [1.54, 1.807) is 6.07 Å². The second-order valence-corrected chi connectivity index (χ2v) is 9.32. The molecule has 1 aliphatic carbocycles. The van der Waals surface area contributed by atoms with Gasteiger partial charge < -0.3 is 14.0 Å². The zero-order chi connectivity index (χ0) is 23.3. The third kappa shape index (κ3) is 3.88. The van der Waals surface area contributed by atoms with E-state index in [0.717, 1.165) is 34.7 Å². The highest BCUT2D eigenvalue weighted by Gasteiger charge is 2.53. The second kappa shape index (κ2) is 8.12. The maximum Gasteiger partial charge on any atom is 0.495 e. The van der Waals surface area contributed by atoms with Crippen LogP contribution in [-0.2, 0) is 20.5 Å². The van der Waals surface area contributed by atoms with Gasteiger partial charge in [0.05, 0.1) is 23.9 Å². The molecule has 4 nitrogen and oxygen atoms in total. The molecular weight excluding hydrogens is 413 g/mol. The van der Waals surface area contributed by atoms with E-state index in [9.17, 15) is 13.6 Å². The predicted octanol–water partition coefficient (Wildman–Crippen LogP) is 5.63. The van der Waals surface area contributed by atoms with Crippen LogP contribution >= 0.6 is 0 Å². The van der Waals surface area contributed by atoms with Gasteiger partial charge in [-0.3, -0.25) is 0 Å². The molecule has 1 fully saturated rings. The number of ether oxygens (including phenoxy) is 1. The number of esters is 1. The minimum atomic E-state index is -0.736. The smallest absolute Gasteiger partial charge is 0.465 e. The number of allylic oxidation sites excluding steroid dienone is 1. The number of rotatable bonds is 3. The molecule has 0 saturated carbocycles. The molecule has 0 spiro atoms. The Morgan fingerprint density at radius 3 is 2.25 bits per heavy atom. The molecular formula is C25H27BF2O4. The average molecular weight is 440 g/mol. The van der Waals surface area contributed by atoms with Gasteiger partial charge in [0, 0.05) is 11.6 Å². The Hall–Kier alpha value is -2.51. The van der Waals surface area contributed by atoms with Crippen molar-refractivity contribution in [1.29, 1.82) is 0 Å². The molecule has 1 saturated heterocycles. The fourth-order valence-corrected chi connectivity index (χ4v) is 4.31. The average Bonchev–Trinajstić information content (AvgIpc) is 2.85. The lowest BCUT2D eigenvalue weighted by molar-refractivity contribution is 0.00578. The van der Waals surface area contributed by atoms with Gasteiger partial charge in [0.15, 0.2) is 0 Å². The summed E-state index contributed by atoms with van der Waals surface area (Å²) in [6, 6.07) is 8.99. The monoisotopic (exact) mass is 440 g/mol. The van der Waals surface area contributed by atoms with Gasteiger partial charge in [-0.2, -0.15) is 0 Å². The summed E-state index contributed by atoms with van der Waals surface area (Å²) in [6.07, 6.45) is 1.98. The summed E-state index contributed by atoms with van der Waals surface area (Å²) < 4.78 is 46.1. The standard InChI is InChI=1S/C25H27BF2O4/c1-24(2)25(3,4)32-26(31-24)22-18-11-9-16(23(29)30-5)13-15(18)7-6-8-20(22)19-12-10-17(27)14-21(19)28/h9-14H,6-8H2,1-5H3. The van der Waals surface area contributed by atoms with Crippen LogP contribution in [0.15, 0.2) is 36.4 Å². The van der Waals surface area contributed by atoms with Crippen molar-refractivity contribution in [3.63, 3.8) is 0 Å². The number of fused-ring (bicyclic) bond motifs is 1. The van der Waals surface area contributed by atoms with Crippen molar-refractivity contribution in [2.75, 3.05) is 7.11 Å². The Morgan fingerprint density at radius 1 is 0.969 bits per heavy atom. The van der Waals surface area contributed by atoms with E-state index in [-0.39, 0.29) is 0 Å². The highest BCUT2D eigenvalue weighted by Crippen LogP contribution is 2.45. The first-order valence-corrected chi connectivity index (χ1v) is 10.8. The number of aryl methyl sites for hydroxylation is 1. The first kappa shape index (κ1) is 22.7. The SMILES string of the molecule is COC(=O)c1ccc2c(c1)CCCC(c1ccc(F)cc1F)=C2B1OC(C)(C)C(C)(C)O1. The molecule has 0 bridgehead atoms. The molecule has 2 aliphatic rings. The Morgan fingerprint density at radius 2 is 1.62 bits per heavy atom. The van der Waals surface area contributed by atoms with Gasteiger partial charge in [0.1, 0.15) is 11.6 Å². The summed E-state index contributed by atoms with van der Waals surface area (Å²) in [5, 5.41) is 0. The summed E-state index contributed by atoms with van der Waals surface area (Å²) in [4.78, 5) is 12.1. The lowest BCUT2D eigenvalue weighted by atomic mass is 9.69. The summed E-state index contributed by atoms with van der Waals surface area (Å²) in [5.74, 6) is -1.66. The Kier molecular flexibility index (Phi) is 5.76. The molecule has 168 valence electrons. The second-order valence-electron chi connectivity index (χ2n) is 9.32. The van der Waals surface area contributed by atoms with Gasteiger partial charge in [-0.15, -0.1) is 0 Å². The van der Waals surface area contributed by atoms with Crippen LogP contribution in [0.5, 0.6) is 0 Å². The minimum absolute atomic E-state index is 0.334. The van der Waals surface area contributed by atoms with Gasteiger partial charge in [0.2, 0.25) is 0 Å². The summed E-state index contributed by atoms with van der Waals surface area (Å²) in [5.41, 5.74) is 2.84. The minimum Gasteiger partial charge on any atom is -0.465 e. The summed E-state index contributed by atoms with van der Waals surface area (Å²) in [7, 11) is 0.611. The van der Waals surface area contributed by atoms with Crippen molar-refractivity contribution in [3.8, 4) is 0 Å². The van der Waals surface area contributed by atoms with E-state index in [1.165, 1.54) is 19.2 Å². The Labute approximate surface area is 187 Å². The molecule has 4 rings (SSSR count). The molecule has 1 aliphatic heterocycles. The van der Waals surface area contributed by atoms with E-state index in [4.69, 9.17) is 14.0 Å². The van der Waals surface area contributed by atoms with Crippen LogP contribution in [0.3, 0.4) is 0 Å². The van der Waals surface area contributed by atoms with Gasteiger partial charge in [-0.1, -0.05) is 6.07 Å². The molecule has 0 aromatic heterocycles. The van der Waals surface area contributed by atoms with Gasteiger partial charge in [0.25, 0.3) is 0 Å². The number of hydrogen-bond donors (Lipinski definition) is 0. The van der Waals surface area contributed by atoms with Crippen molar-refractivity contribution < 1.29 is 27.6 Å². The normalized spacial score (nSPS) is 19.5. The molecule has 0 unspecified atom stereocenters. The van der Waals surface area contributed by atoms with Gasteiger partial charge in [-0.25, -0.2) is 13.6 Å². The van der Waals surface area contributed by atoms with Crippen LogP contribution in [0, 0.1) is 11.6 Å². The molecule has 7 heteroatoms. The van der Waals surface area contributed by atoms with Crippen LogP contribution in [0.1, 0.15) is 67.6 Å². The lowest BCUT2D eigenvalue weighted by Crippen LogP contribution is -2.41. The third-order valence-electron chi connectivity index (χ3n) is 6.76. The van der Waals surface area contributed by atoms with Crippen LogP contribution in [-0.4, -0.2) is 31.4 Å². The highest BCUT2D eigenvalue weighted by atomic mass is 19.1. The quantitative estimate of drug-likeness (QED) is 0.459. The van der Waals surface area contributed by atoms with Crippen molar-refractivity contribution >= 4 is 24.1 Å². The molecule has 2 aromatic rings. The highest BCUT2D eigenvalue weighted by molar-refractivity contribution is 6.71. The number of halogens is 2. The van der Waals surface area contributed by atoms with Gasteiger partial charge >= 0.3 is 13.1 Å². The van der Waals surface area contributed by atoms with Crippen LogP contribution in [0.4, 0.5) is 8.78 Å². The number of carbonyl (C=O) groups excluding carboxylic acids is 1. The van der Waals surface area contributed by atoms with Crippen LogP contribution in [0.2, 0.25) is 0 Å². The maximum absolute atomic E-state index is 14.9. The number of methoxy groups -OCH3 is 1. The fourth-order valence-electron chi connectivity index (χ4n) is 4.31. The topological polar surface area (TPSA) is 44.8 Å². The zero-order valence-corrected chi connectivity index (χ0v) is 19.1. The van der Waals surface area contributed by atoms with E-state index in [1.807, 2.05) is 39.8 Å². The first-order valence-electron chi connectivity index (χ1n) is 10.8. The van der Waals surface area contributed by atoms with Crippen molar-refractivity contribution in [2.45, 2.75) is 58.2 Å². The first-order chi connectivity index (χ1) is 15.0. The molecule has 0 atom stereocenters. The molecule has 0 radical (unpaired) electrons. The molecule has 0 amide bonds. The van der Waals surface area contributed by atoms with Crippen LogP contribution in [0.25, 0.3) is 11.0 Å². The number of hydrogen-bond acceptors (Lipinski definition) is 4. The zero-order valence-electron chi connectivity index (χ0n) is 19.1. The van der Waals surface area contributed by atoms with Crippen LogP contribution < -0.4 is 0 Å². The van der Waals surface area contributed by atoms with Crippen molar-refractivity contribution in [1.82, 2.24) is 0 Å². The Bertz CT molecular complexity index is 1090. The lowest BCUT2D eigenvalue weighted by Gasteiger charge is -2.32. The molecule has 2 aromatic carbocycles. The molecule has 32 heavy (non-hydrogen) atoms. The van der Waals surface area contributed by atoms with Crippen molar-refractivity contribution in [3.05, 3.63) is 70.3 Å². The van der Waals surface area contributed by atoms with E-state index >= 15 is 0 Å². The Balaban J connectivity index is 1.94. The largest absolute Gasteiger partial charge is 0.495 e. The van der Waals surface area contributed by atoms with Gasteiger partial charge in [-0.05, 0) is 93.4 Å². The summed E-state index contributed by atoms with van der Waals surface area (Å²) in [6.45, 7) is 7.85. The fraction of sp³-hybridized carbons (Fsp3) is 0.400. The van der Waals surface area contributed by atoms with E-state index < -0.39 is 35.9 Å². The predicted molar refractivity (Wildman–Crippen MR) is 120 cm³/mol. The number of carbonyl (C=O) groups is 1. The molecule has 1 heterocycles. The van der Waals surface area contributed by atoms with Crippen molar-refractivity contribution in [2.24, 2.45) is 0 Å². The van der Waals surface area contributed by atoms with E-state index in [2.05, 4.69) is 0 Å². The number of benzene rings is 2.